The Hall–Kier alpha value is -1.49. The van der Waals surface area contributed by atoms with Gasteiger partial charge in [0.05, 0.1) is 12.2 Å². The molecule has 0 aromatic carbocycles. The van der Waals surface area contributed by atoms with Gasteiger partial charge >= 0.3 is 0 Å². The maximum atomic E-state index is 12.9. The molecular weight excluding hydrogens is 358 g/mol. The highest BCUT2D eigenvalue weighted by Crippen LogP contribution is 2.36. The van der Waals surface area contributed by atoms with Gasteiger partial charge in [0.1, 0.15) is 10.0 Å². The molecule has 9 nitrogen and oxygen atoms in total. The summed E-state index contributed by atoms with van der Waals surface area (Å²) in [5.74, 6) is 0.497. The first-order chi connectivity index (χ1) is 11.2. The number of aliphatic hydroxyl groups is 1. The summed E-state index contributed by atoms with van der Waals surface area (Å²) in [4.78, 5) is 4.07. The summed E-state index contributed by atoms with van der Waals surface area (Å²) in [6.07, 6.45) is 0.723. The lowest BCUT2D eigenvalue weighted by molar-refractivity contribution is 0.0194. The third-order valence-corrected chi connectivity index (χ3v) is 6.63. The van der Waals surface area contributed by atoms with Crippen LogP contribution in [0.25, 0.3) is 0 Å². The normalized spacial score (nSPS) is 22.4. The Bertz CT molecular complexity index is 877. The average molecular weight is 376 g/mol. The van der Waals surface area contributed by atoms with Crippen molar-refractivity contribution in [1.82, 2.24) is 24.2 Å². The van der Waals surface area contributed by atoms with E-state index < -0.39 is 15.6 Å². The average Bonchev–Trinajstić information content (AvgIpc) is 3.19. The van der Waals surface area contributed by atoms with Crippen molar-refractivity contribution >= 4 is 21.6 Å². The first kappa shape index (κ1) is 17.3. The molecule has 24 heavy (non-hydrogen) atoms. The Balaban J connectivity index is 1.92. The van der Waals surface area contributed by atoms with Crippen LogP contribution in [-0.2, 0) is 29.1 Å². The molecule has 0 saturated carbocycles. The second-order valence-corrected chi connectivity index (χ2v) is 8.05. The van der Waals surface area contributed by atoms with Gasteiger partial charge in [0.2, 0.25) is 10.0 Å². The van der Waals surface area contributed by atoms with Crippen LogP contribution in [0.4, 0.5) is 0 Å². The number of aryl methyl sites for hydroxylation is 3. The molecule has 132 valence electrons. The first-order valence-electron chi connectivity index (χ1n) is 7.43. The van der Waals surface area contributed by atoms with Gasteiger partial charge < -0.3 is 9.63 Å². The largest absolute Gasteiger partial charge is 0.379 e. The standard InChI is InChI=1S/C13H18ClN5O4S/c1-4-9-15-12(23-17-9)13(20)5-6-19(7-13)24(21,22)10-8(2)16-18(3)11(10)14/h20H,4-7H2,1-3H3/t13-/m0/s1. The minimum Gasteiger partial charge on any atom is -0.379 e. The van der Waals surface area contributed by atoms with E-state index in [-0.39, 0.29) is 35.4 Å². The van der Waals surface area contributed by atoms with Crippen molar-refractivity contribution in [3.05, 3.63) is 22.6 Å². The molecule has 0 radical (unpaired) electrons. The Morgan fingerprint density at radius 3 is 2.71 bits per heavy atom. The van der Waals surface area contributed by atoms with Gasteiger partial charge in [-0.1, -0.05) is 23.7 Å². The molecule has 1 saturated heterocycles. The van der Waals surface area contributed by atoms with E-state index in [1.807, 2.05) is 6.92 Å². The van der Waals surface area contributed by atoms with E-state index in [2.05, 4.69) is 15.2 Å². The highest BCUT2D eigenvalue weighted by molar-refractivity contribution is 7.89. The van der Waals surface area contributed by atoms with Crippen molar-refractivity contribution in [2.24, 2.45) is 7.05 Å². The van der Waals surface area contributed by atoms with Crippen molar-refractivity contribution in [1.29, 1.82) is 0 Å². The summed E-state index contributed by atoms with van der Waals surface area (Å²) < 4.78 is 33.3. The molecule has 3 heterocycles. The van der Waals surface area contributed by atoms with Crippen molar-refractivity contribution in [2.45, 2.75) is 37.2 Å². The van der Waals surface area contributed by atoms with Crippen molar-refractivity contribution < 1.29 is 18.0 Å². The summed E-state index contributed by atoms with van der Waals surface area (Å²) in [5, 5.41) is 18.6. The predicted molar refractivity (Wildman–Crippen MR) is 83.9 cm³/mol. The van der Waals surface area contributed by atoms with Crippen molar-refractivity contribution in [3.8, 4) is 0 Å². The van der Waals surface area contributed by atoms with Crippen LogP contribution >= 0.6 is 11.6 Å². The Kier molecular flexibility index (Phi) is 4.19. The fourth-order valence-electron chi connectivity index (χ4n) is 2.76. The molecular formula is C13H18ClN5O4S. The number of halogens is 1. The number of β-amino-alcohol motifs (C(OH)–C–C–N with tert-alkyl or cyclic N) is 1. The van der Waals surface area contributed by atoms with Crippen molar-refractivity contribution in [3.63, 3.8) is 0 Å². The second kappa shape index (κ2) is 5.80. The fraction of sp³-hybridized carbons (Fsp3) is 0.615. The molecule has 0 bridgehead atoms. The van der Waals surface area contributed by atoms with Crippen LogP contribution in [0.3, 0.4) is 0 Å². The minimum atomic E-state index is -3.89. The molecule has 2 aromatic heterocycles. The number of hydrogen-bond acceptors (Lipinski definition) is 7. The number of nitrogens with zero attached hydrogens (tertiary/aromatic N) is 5. The molecule has 0 amide bonds. The van der Waals surface area contributed by atoms with Gasteiger partial charge in [-0.25, -0.2) is 8.42 Å². The molecule has 0 spiro atoms. The van der Waals surface area contributed by atoms with Gasteiger partial charge in [0.25, 0.3) is 5.89 Å². The van der Waals surface area contributed by atoms with Gasteiger partial charge in [0.15, 0.2) is 11.4 Å². The zero-order valence-electron chi connectivity index (χ0n) is 13.5. The number of sulfonamides is 1. The summed E-state index contributed by atoms with van der Waals surface area (Å²) in [6.45, 7) is 3.38. The molecule has 1 fully saturated rings. The van der Waals surface area contributed by atoms with Gasteiger partial charge in [-0.3, -0.25) is 4.68 Å². The van der Waals surface area contributed by atoms with E-state index in [0.717, 1.165) is 0 Å². The van der Waals surface area contributed by atoms with Crippen LogP contribution in [0.15, 0.2) is 9.42 Å². The zero-order chi connectivity index (χ0) is 17.7. The van der Waals surface area contributed by atoms with E-state index in [1.54, 1.807) is 14.0 Å². The van der Waals surface area contributed by atoms with Gasteiger partial charge in [-0.15, -0.1) is 0 Å². The van der Waals surface area contributed by atoms with Gasteiger partial charge in [-0.2, -0.15) is 14.4 Å². The van der Waals surface area contributed by atoms with Crippen LogP contribution in [0.5, 0.6) is 0 Å². The van der Waals surface area contributed by atoms with Gasteiger partial charge in [-0.05, 0) is 6.92 Å². The Labute approximate surface area is 144 Å². The van der Waals surface area contributed by atoms with Crippen molar-refractivity contribution in [2.75, 3.05) is 13.1 Å². The third kappa shape index (κ3) is 2.63. The third-order valence-electron chi connectivity index (χ3n) is 4.09. The van der Waals surface area contributed by atoms with Crippen LogP contribution in [0.1, 0.15) is 30.8 Å². The lowest BCUT2D eigenvalue weighted by Gasteiger charge is -2.19. The number of aromatic nitrogens is 4. The highest BCUT2D eigenvalue weighted by Gasteiger charge is 2.47. The predicted octanol–water partition coefficient (Wildman–Crippen LogP) is 0.610. The molecule has 1 aliphatic heterocycles. The van der Waals surface area contributed by atoms with E-state index in [9.17, 15) is 13.5 Å². The van der Waals surface area contributed by atoms with E-state index in [1.165, 1.54) is 8.99 Å². The molecule has 0 unspecified atom stereocenters. The molecule has 3 rings (SSSR count). The van der Waals surface area contributed by atoms with E-state index in [4.69, 9.17) is 16.1 Å². The molecule has 1 aliphatic rings. The molecule has 2 aromatic rings. The highest BCUT2D eigenvalue weighted by atomic mass is 35.5. The minimum absolute atomic E-state index is 0.0334. The van der Waals surface area contributed by atoms with Gasteiger partial charge in [0, 0.05) is 26.4 Å². The Morgan fingerprint density at radius 1 is 1.46 bits per heavy atom. The quantitative estimate of drug-likeness (QED) is 0.832. The monoisotopic (exact) mass is 375 g/mol. The lowest BCUT2D eigenvalue weighted by Crippen LogP contribution is -2.35. The molecule has 1 N–H and O–H groups in total. The summed E-state index contributed by atoms with van der Waals surface area (Å²) in [7, 11) is -2.32. The van der Waals surface area contributed by atoms with E-state index >= 15 is 0 Å². The summed E-state index contributed by atoms with van der Waals surface area (Å²) in [6, 6.07) is 0. The summed E-state index contributed by atoms with van der Waals surface area (Å²) >= 11 is 6.08. The fourth-order valence-corrected chi connectivity index (χ4v) is 4.96. The van der Waals surface area contributed by atoms with Crippen LogP contribution in [0.2, 0.25) is 5.15 Å². The SMILES string of the molecule is CCc1noc([C@]2(O)CCN(S(=O)(=O)c3c(C)nn(C)c3Cl)C2)n1. The van der Waals surface area contributed by atoms with Crippen LogP contribution in [0, 0.1) is 6.92 Å². The molecule has 11 heteroatoms. The first-order valence-corrected chi connectivity index (χ1v) is 9.25. The van der Waals surface area contributed by atoms with E-state index in [0.29, 0.717) is 17.9 Å². The maximum Gasteiger partial charge on any atom is 0.260 e. The zero-order valence-corrected chi connectivity index (χ0v) is 15.1. The van der Waals surface area contributed by atoms with Crippen LogP contribution in [-0.4, -0.2) is 50.8 Å². The lowest BCUT2D eigenvalue weighted by atomic mass is 10.0. The molecule has 1 atom stereocenters. The Morgan fingerprint density at radius 2 is 2.17 bits per heavy atom. The molecule has 0 aliphatic carbocycles. The second-order valence-electron chi connectivity index (χ2n) is 5.82. The topological polar surface area (TPSA) is 114 Å². The number of hydrogen-bond donors (Lipinski definition) is 1. The summed E-state index contributed by atoms with van der Waals surface area (Å²) in [5.41, 5.74) is -1.19. The number of rotatable bonds is 4. The maximum absolute atomic E-state index is 12.9. The smallest absolute Gasteiger partial charge is 0.260 e. The van der Waals surface area contributed by atoms with Crippen LogP contribution < -0.4 is 0 Å².